The molecule has 7 heterocycles. The fourth-order valence-electron chi connectivity index (χ4n) is 13.1. The van der Waals surface area contributed by atoms with Crippen LogP contribution in [0.15, 0.2) is 218 Å². The van der Waals surface area contributed by atoms with Gasteiger partial charge >= 0.3 is 0 Å². The van der Waals surface area contributed by atoms with Crippen molar-refractivity contribution in [1.82, 2.24) is 19.1 Å². The van der Waals surface area contributed by atoms with Gasteiger partial charge in [0.1, 0.15) is 34.6 Å². The highest BCUT2D eigenvalue weighted by Crippen LogP contribution is 2.53. The third kappa shape index (κ3) is 7.64. The highest BCUT2D eigenvalue weighted by Gasteiger charge is 2.43. The first-order chi connectivity index (χ1) is 39.2. The molecule has 4 aromatic heterocycles. The van der Waals surface area contributed by atoms with Gasteiger partial charge in [-0.25, -0.2) is 9.97 Å². The second kappa shape index (κ2) is 17.8. The van der Waals surface area contributed by atoms with Crippen molar-refractivity contribution in [2.75, 3.05) is 4.90 Å². The lowest BCUT2D eigenvalue weighted by atomic mass is 9.34. The average molecular weight is 1050 g/mol. The molecule has 0 unspecified atom stereocenters. The molecule has 392 valence electrons. The molecule has 0 saturated carbocycles. The lowest BCUT2D eigenvalue weighted by Gasteiger charge is -2.42. The van der Waals surface area contributed by atoms with Crippen LogP contribution in [0.3, 0.4) is 0 Å². The zero-order valence-electron chi connectivity index (χ0n) is 46.9. The summed E-state index contributed by atoms with van der Waals surface area (Å²) in [6.07, 6.45) is 0. The van der Waals surface area contributed by atoms with E-state index in [1.54, 1.807) is 0 Å². The summed E-state index contributed by atoms with van der Waals surface area (Å²) in [5.74, 6) is 5.28. The fraction of sp³-hybridized carbons (Fsp3) is 0.151. The number of hydrogen-bond donors (Lipinski definition) is 0. The van der Waals surface area contributed by atoms with Crippen LogP contribution in [0.2, 0.25) is 0 Å². The summed E-state index contributed by atoms with van der Waals surface area (Å²) in [5.41, 5.74) is 17.3. The molecule has 13 aromatic rings. The Bertz CT molecular complexity index is 4350. The Labute approximate surface area is 472 Å². The van der Waals surface area contributed by atoms with Crippen molar-refractivity contribution in [1.29, 1.82) is 0 Å². The predicted octanol–water partition coefficient (Wildman–Crippen LogP) is 16.9. The van der Waals surface area contributed by atoms with Gasteiger partial charge in [0.25, 0.3) is 6.71 Å². The molecular formula is C73H60BN5O2. The van der Waals surface area contributed by atoms with Gasteiger partial charge in [0, 0.05) is 49.9 Å². The van der Waals surface area contributed by atoms with Crippen LogP contribution in [0.1, 0.15) is 77.6 Å². The van der Waals surface area contributed by atoms with Crippen molar-refractivity contribution >= 4 is 94.8 Å². The van der Waals surface area contributed by atoms with Gasteiger partial charge < -0.3 is 14.4 Å². The topological polar surface area (TPSA) is 57.3 Å². The van der Waals surface area contributed by atoms with Gasteiger partial charge in [0.2, 0.25) is 0 Å². The van der Waals surface area contributed by atoms with Crippen molar-refractivity contribution in [3.8, 4) is 34.6 Å². The molecule has 0 N–H and O–H groups in total. The molecule has 0 spiro atoms. The zero-order chi connectivity index (χ0) is 55.1. The van der Waals surface area contributed by atoms with Gasteiger partial charge in [-0.05, 0) is 117 Å². The molecule has 16 rings (SSSR count). The van der Waals surface area contributed by atoms with E-state index in [2.05, 4.69) is 288 Å². The van der Waals surface area contributed by atoms with E-state index in [1.165, 1.54) is 66.1 Å². The number of anilines is 3. The molecule has 7 nitrogen and oxygen atoms in total. The summed E-state index contributed by atoms with van der Waals surface area (Å²) >= 11 is 0. The van der Waals surface area contributed by atoms with E-state index < -0.39 is 0 Å². The number of ether oxygens (including phenoxy) is 2. The Hall–Kier alpha value is -9.40. The molecular weight excluding hydrogens is 990 g/mol. The molecule has 0 fully saturated rings. The normalized spacial score (nSPS) is 13.9. The highest BCUT2D eigenvalue weighted by atomic mass is 16.5. The second-order valence-electron chi connectivity index (χ2n) is 24.6. The number of aromatic nitrogens is 4. The van der Waals surface area contributed by atoms with Crippen molar-refractivity contribution < 1.29 is 9.47 Å². The SMILES string of the molecule is CC(C)(C)c1ccc2c(c1)B1c3cc(C(C)(C)C)ccc3Oc3cc(N4c5ccccc5C(C)(C)c5ccccc54)cc(c31)O2.c1ccc2c(c1)c1ccccc1n2-c1ccc2ccc(-n3c4ccccc4c4ccccc43)nc2n1. The van der Waals surface area contributed by atoms with Crippen LogP contribution >= 0.6 is 0 Å². The Balaban J connectivity index is 0.000000142. The maximum Gasteiger partial charge on any atom is 0.260 e. The summed E-state index contributed by atoms with van der Waals surface area (Å²) in [4.78, 5) is 12.6. The summed E-state index contributed by atoms with van der Waals surface area (Å²) in [6, 6.07) is 77.9. The zero-order valence-corrected chi connectivity index (χ0v) is 46.9. The molecule has 0 amide bonds. The third-order valence-electron chi connectivity index (χ3n) is 17.2. The van der Waals surface area contributed by atoms with E-state index in [9.17, 15) is 0 Å². The molecule has 8 heteroatoms. The third-order valence-corrected chi connectivity index (χ3v) is 17.2. The molecule has 81 heavy (non-hydrogen) atoms. The molecule has 0 radical (unpaired) electrons. The first-order valence-electron chi connectivity index (χ1n) is 28.3. The van der Waals surface area contributed by atoms with Crippen LogP contribution in [0.5, 0.6) is 23.0 Å². The molecule has 0 atom stereocenters. The minimum atomic E-state index is -0.127. The van der Waals surface area contributed by atoms with E-state index in [1.807, 2.05) is 0 Å². The van der Waals surface area contributed by atoms with E-state index >= 15 is 0 Å². The van der Waals surface area contributed by atoms with Crippen molar-refractivity contribution in [3.63, 3.8) is 0 Å². The predicted molar refractivity (Wildman–Crippen MR) is 337 cm³/mol. The summed E-state index contributed by atoms with van der Waals surface area (Å²) in [6.45, 7) is 18.3. The highest BCUT2D eigenvalue weighted by molar-refractivity contribution is 6.98. The second-order valence-corrected chi connectivity index (χ2v) is 24.6. The van der Waals surface area contributed by atoms with Gasteiger partial charge in [-0.15, -0.1) is 0 Å². The summed E-state index contributed by atoms with van der Waals surface area (Å²) < 4.78 is 18.2. The molecule has 3 aliphatic heterocycles. The molecule has 9 aromatic carbocycles. The maximum absolute atomic E-state index is 6.85. The van der Waals surface area contributed by atoms with E-state index in [0.717, 1.165) is 78.9 Å². The number of hydrogen-bond acceptors (Lipinski definition) is 5. The van der Waals surface area contributed by atoms with Crippen molar-refractivity contribution in [2.45, 2.75) is 71.6 Å². The first kappa shape index (κ1) is 48.7. The molecule has 0 bridgehead atoms. The smallest absolute Gasteiger partial charge is 0.260 e. The van der Waals surface area contributed by atoms with Crippen molar-refractivity contribution in [3.05, 3.63) is 241 Å². The Morgan fingerprint density at radius 1 is 0.407 bits per heavy atom. The number of rotatable bonds is 3. The lowest BCUT2D eigenvalue weighted by molar-refractivity contribution is 0.464. The Kier molecular flexibility index (Phi) is 10.7. The van der Waals surface area contributed by atoms with Gasteiger partial charge in [0.05, 0.1) is 39.1 Å². The van der Waals surface area contributed by atoms with Crippen LogP contribution in [0, 0.1) is 0 Å². The molecule has 3 aliphatic rings. The van der Waals surface area contributed by atoms with E-state index in [4.69, 9.17) is 19.4 Å². The van der Waals surface area contributed by atoms with Gasteiger partial charge in [-0.3, -0.25) is 9.13 Å². The van der Waals surface area contributed by atoms with Gasteiger partial charge in [-0.1, -0.05) is 189 Å². The number of nitrogens with zero attached hydrogens (tertiary/aromatic N) is 5. The first-order valence-corrected chi connectivity index (χ1v) is 28.3. The van der Waals surface area contributed by atoms with Crippen LogP contribution in [-0.4, -0.2) is 25.8 Å². The van der Waals surface area contributed by atoms with Crippen molar-refractivity contribution in [2.24, 2.45) is 0 Å². The number of fused-ring (bicyclic) bond motifs is 13. The lowest BCUT2D eigenvalue weighted by Crippen LogP contribution is -2.57. The Morgan fingerprint density at radius 3 is 1.20 bits per heavy atom. The summed E-state index contributed by atoms with van der Waals surface area (Å²) in [5, 5.41) is 5.91. The minimum Gasteiger partial charge on any atom is -0.458 e. The maximum atomic E-state index is 6.85. The number of benzene rings is 9. The molecule has 0 saturated heterocycles. The largest absolute Gasteiger partial charge is 0.458 e. The van der Waals surface area contributed by atoms with E-state index in [-0.39, 0.29) is 23.0 Å². The standard InChI is InChI=1S/C41H40BNO2.C32H20N4/c1-39(2,3)25-17-19-34-30(21-25)42-31-22-26(40(4,5)6)18-20-35(31)45-37-24-27(23-36(44-34)38(37)42)43-32-15-11-9-13-28(32)41(7,8)29-14-10-12-16-33(29)43;1-5-13-26-22(9-1)23-10-2-6-14-27(23)35(26)30-19-17-21-18-20-31(34-32(21)33-30)36-28-15-7-3-11-24(28)25-12-4-8-16-29(25)36/h9-24H,1-8H3;1-20H. The quantitative estimate of drug-likeness (QED) is 0.165. The van der Waals surface area contributed by atoms with Crippen LogP contribution in [0.25, 0.3) is 66.3 Å². The number of pyridine rings is 2. The summed E-state index contributed by atoms with van der Waals surface area (Å²) in [7, 11) is 0. The Morgan fingerprint density at radius 2 is 0.790 bits per heavy atom. The number of para-hydroxylation sites is 6. The monoisotopic (exact) mass is 1050 g/mol. The average Bonchev–Trinajstić information content (AvgIpc) is 4.09. The molecule has 0 aliphatic carbocycles. The van der Waals surface area contributed by atoms with Crippen LogP contribution in [0.4, 0.5) is 17.1 Å². The fourth-order valence-corrected chi connectivity index (χ4v) is 13.1. The van der Waals surface area contributed by atoms with Crippen LogP contribution in [-0.2, 0) is 16.2 Å². The minimum absolute atomic E-state index is 0.0148. The van der Waals surface area contributed by atoms with Crippen LogP contribution < -0.4 is 30.8 Å². The van der Waals surface area contributed by atoms with Gasteiger partial charge in [0.15, 0.2) is 5.65 Å². The van der Waals surface area contributed by atoms with Gasteiger partial charge in [-0.2, -0.15) is 0 Å². The van der Waals surface area contributed by atoms with E-state index in [0.29, 0.717) is 0 Å².